The molecule has 0 aliphatic rings. The second-order valence-electron chi connectivity index (χ2n) is 4.02. The van der Waals surface area contributed by atoms with Crippen LogP contribution in [0.15, 0.2) is 36.5 Å². The van der Waals surface area contributed by atoms with Crippen molar-refractivity contribution >= 4 is 11.8 Å². The average molecular weight is 261 g/mol. The molecule has 1 aromatic carbocycles. The number of aromatic nitrogens is 2. The van der Waals surface area contributed by atoms with E-state index in [1.807, 2.05) is 0 Å². The molecule has 0 atom stereocenters. The third kappa shape index (κ3) is 2.85. The van der Waals surface area contributed by atoms with Crippen molar-refractivity contribution in [1.29, 1.82) is 0 Å². The number of carbonyl (C=O) groups is 1. The van der Waals surface area contributed by atoms with Crippen molar-refractivity contribution in [3.8, 4) is 0 Å². The molecule has 5 nitrogen and oxygen atoms in total. The van der Waals surface area contributed by atoms with Crippen LogP contribution in [-0.2, 0) is 6.54 Å². The molecule has 0 saturated heterocycles. The number of anilines is 1. The van der Waals surface area contributed by atoms with Gasteiger partial charge in [-0.25, -0.2) is 9.18 Å². The third-order valence-electron chi connectivity index (χ3n) is 2.66. The van der Waals surface area contributed by atoms with Gasteiger partial charge < -0.3 is 10.0 Å². The van der Waals surface area contributed by atoms with Gasteiger partial charge in [0.2, 0.25) is 0 Å². The summed E-state index contributed by atoms with van der Waals surface area (Å²) in [6.45, 7) is 0.214. The number of hydrogen-bond donors (Lipinski definition) is 1. The summed E-state index contributed by atoms with van der Waals surface area (Å²) < 4.78 is 13.5. The monoisotopic (exact) mass is 261 g/mol. The Balaban J connectivity index is 2.28. The van der Waals surface area contributed by atoms with Crippen LogP contribution in [0, 0.1) is 5.82 Å². The molecule has 0 saturated carbocycles. The Labute approximate surface area is 109 Å². The first kappa shape index (κ1) is 12.9. The van der Waals surface area contributed by atoms with Gasteiger partial charge >= 0.3 is 5.97 Å². The van der Waals surface area contributed by atoms with E-state index < -0.39 is 5.97 Å². The van der Waals surface area contributed by atoms with Crippen LogP contribution < -0.4 is 4.90 Å². The second kappa shape index (κ2) is 5.43. The van der Waals surface area contributed by atoms with Crippen molar-refractivity contribution in [3.63, 3.8) is 0 Å². The maximum Gasteiger partial charge on any atom is 0.339 e. The van der Waals surface area contributed by atoms with Gasteiger partial charge in [0.25, 0.3) is 0 Å². The summed E-state index contributed by atoms with van der Waals surface area (Å²) in [7, 11) is 1.64. The molecule has 1 aromatic heterocycles. The zero-order chi connectivity index (χ0) is 13.8. The molecule has 0 bridgehead atoms. The summed E-state index contributed by atoms with van der Waals surface area (Å²) in [6.07, 6.45) is 1.31. The summed E-state index contributed by atoms with van der Waals surface area (Å²) in [5, 5.41) is 16.5. The van der Waals surface area contributed by atoms with E-state index in [1.165, 1.54) is 18.3 Å². The van der Waals surface area contributed by atoms with Crippen LogP contribution >= 0.6 is 0 Å². The fourth-order valence-corrected chi connectivity index (χ4v) is 1.73. The molecule has 0 aliphatic carbocycles. The van der Waals surface area contributed by atoms with Crippen LogP contribution in [0.5, 0.6) is 0 Å². The highest BCUT2D eigenvalue weighted by Crippen LogP contribution is 2.18. The van der Waals surface area contributed by atoms with Gasteiger partial charge in [-0.3, -0.25) is 0 Å². The lowest BCUT2D eigenvalue weighted by Gasteiger charge is -2.19. The quantitative estimate of drug-likeness (QED) is 0.911. The van der Waals surface area contributed by atoms with Crippen LogP contribution in [0.25, 0.3) is 0 Å². The maximum atomic E-state index is 13.5. The first-order chi connectivity index (χ1) is 9.09. The first-order valence-corrected chi connectivity index (χ1v) is 5.59. The molecule has 6 heteroatoms. The van der Waals surface area contributed by atoms with Crippen LogP contribution in [-0.4, -0.2) is 28.3 Å². The summed E-state index contributed by atoms with van der Waals surface area (Å²) in [5.74, 6) is -1.22. The van der Waals surface area contributed by atoms with Crippen LogP contribution in [0.3, 0.4) is 0 Å². The number of benzene rings is 1. The SMILES string of the molecule is CN(Cc1ccccc1F)c1nnccc1C(=O)O. The lowest BCUT2D eigenvalue weighted by atomic mass is 10.2. The van der Waals surface area contributed by atoms with Gasteiger partial charge in [-0.15, -0.1) is 5.10 Å². The van der Waals surface area contributed by atoms with E-state index in [1.54, 1.807) is 30.1 Å². The molecule has 1 N–H and O–H groups in total. The standard InChI is InChI=1S/C13H12FN3O2/c1-17(8-9-4-2-3-5-11(9)14)12-10(13(18)19)6-7-15-16-12/h2-7H,8H2,1H3,(H,18,19). The fourth-order valence-electron chi connectivity index (χ4n) is 1.73. The molecular formula is C13H12FN3O2. The minimum Gasteiger partial charge on any atom is -0.478 e. The predicted octanol–water partition coefficient (Wildman–Crippen LogP) is 1.95. The van der Waals surface area contributed by atoms with Gasteiger partial charge in [-0.1, -0.05) is 18.2 Å². The molecule has 19 heavy (non-hydrogen) atoms. The topological polar surface area (TPSA) is 66.3 Å². The van der Waals surface area contributed by atoms with Gasteiger partial charge in [-0.05, 0) is 12.1 Å². The Morgan fingerprint density at radius 2 is 2.11 bits per heavy atom. The Hall–Kier alpha value is -2.50. The zero-order valence-corrected chi connectivity index (χ0v) is 10.2. The second-order valence-corrected chi connectivity index (χ2v) is 4.02. The van der Waals surface area contributed by atoms with E-state index in [9.17, 15) is 9.18 Å². The van der Waals surface area contributed by atoms with Crippen molar-refractivity contribution in [1.82, 2.24) is 10.2 Å². The smallest absolute Gasteiger partial charge is 0.339 e. The number of halogens is 1. The molecule has 0 spiro atoms. The van der Waals surface area contributed by atoms with Gasteiger partial charge in [0.1, 0.15) is 11.4 Å². The van der Waals surface area contributed by atoms with E-state index in [0.717, 1.165) is 0 Å². The molecule has 2 rings (SSSR count). The lowest BCUT2D eigenvalue weighted by Crippen LogP contribution is -2.21. The molecule has 0 aliphatic heterocycles. The minimum atomic E-state index is -1.09. The fraction of sp³-hybridized carbons (Fsp3) is 0.154. The number of carboxylic acids is 1. The predicted molar refractivity (Wildman–Crippen MR) is 67.5 cm³/mol. The summed E-state index contributed by atoms with van der Waals surface area (Å²) in [6, 6.07) is 7.69. The van der Waals surface area contributed by atoms with Crippen LogP contribution in [0.4, 0.5) is 10.2 Å². The third-order valence-corrected chi connectivity index (χ3v) is 2.66. The number of nitrogens with zero attached hydrogens (tertiary/aromatic N) is 3. The molecular weight excluding hydrogens is 249 g/mol. The van der Waals surface area contributed by atoms with Crippen molar-refractivity contribution in [2.24, 2.45) is 0 Å². The normalized spacial score (nSPS) is 10.2. The molecule has 1 heterocycles. The molecule has 0 amide bonds. The van der Waals surface area contributed by atoms with Gasteiger partial charge in [-0.2, -0.15) is 5.10 Å². The van der Waals surface area contributed by atoms with Crippen molar-refractivity contribution in [2.75, 3.05) is 11.9 Å². The van der Waals surface area contributed by atoms with Crippen LogP contribution in [0.2, 0.25) is 0 Å². The average Bonchev–Trinajstić information content (AvgIpc) is 2.41. The summed E-state index contributed by atoms with van der Waals surface area (Å²) >= 11 is 0. The van der Waals surface area contributed by atoms with Gasteiger partial charge in [0.05, 0.1) is 6.20 Å². The number of aromatic carboxylic acids is 1. The minimum absolute atomic E-state index is 0.0360. The molecule has 0 radical (unpaired) electrons. The molecule has 0 fully saturated rings. The van der Waals surface area contributed by atoms with E-state index >= 15 is 0 Å². The Kier molecular flexibility index (Phi) is 3.70. The van der Waals surface area contributed by atoms with Gasteiger partial charge in [0.15, 0.2) is 5.82 Å². The Morgan fingerprint density at radius 3 is 2.79 bits per heavy atom. The molecule has 2 aromatic rings. The summed E-state index contributed by atoms with van der Waals surface area (Å²) in [4.78, 5) is 12.6. The highest BCUT2D eigenvalue weighted by molar-refractivity contribution is 5.93. The van der Waals surface area contributed by atoms with E-state index in [2.05, 4.69) is 10.2 Å². The Morgan fingerprint density at radius 1 is 1.37 bits per heavy atom. The van der Waals surface area contributed by atoms with E-state index in [4.69, 9.17) is 5.11 Å². The maximum absolute atomic E-state index is 13.5. The van der Waals surface area contributed by atoms with Gasteiger partial charge in [0, 0.05) is 19.2 Å². The van der Waals surface area contributed by atoms with Crippen molar-refractivity contribution in [3.05, 3.63) is 53.5 Å². The summed E-state index contributed by atoms with van der Waals surface area (Å²) in [5.41, 5.74) is 0.501. The van der Waals surface area contributed by atoms with Crippen molar-refractivity contribution < 1.29 is 14.3 Å². The highest BCUT2D eigenvalue weighted by Gasteiger charge is 2.16. The highest BCUT2D eigenvalue weighted by atomic mass is 19.1. The lowest BCUT2D eigenvalue weighted by molar-refractivity contribution is 0.0697. The molecule has 98 valence electrons. The van der Waals surface area contributed by atoms with E-state index in [-0.39, 0.29) is 23.7 Å². The largest absolute Gasteiger partial charge is 0.478 e. The molecule has 0 unspecified atom stereocenters. The number of hydrogen-bond acceptors (Lipinski definition) is 4. The number of rotatable bonds is 4. The van der Waals surface area contributed by atoms with Crippen LogP contribution in [0.1, 0.15) is 15.9 Å². The Bertz CT molecular complexity index is 604. The van der Waals surface area contributed by atoms with E-state index in [0.29, 0.717) is 5.56 Å². The number of carboxylic acid groups (broad SMARTS) is 1. The first-order valence-electron chi connectivity index (χ1n) is 5.59. The zero-order valence-electron chi connectivity index (χ0n) is 10.2. The van der Waals surface area contributed by atoms with Crippen molar-refractivity contribution in [2.45, 2.75) is 6.54 Å².